The van der Waals surface area contributed by atoms with Crippen LogP contribution in [-0.4, -0.2) is 20.9 Å². The fourth-order valence-corrected chi connectivity index (χ4v) is 2.63. The fourth-order valence-electron chi connectivity index (χ4n) is 2.63. The molecule has 1 N–H and O–H groups in total. The number of aromatic carboxylic acids is 1. The molecule has 28 heavy (non-hydrogen) atoms. The lowest BCUT2D eigenvalue weighted by atomic mass is 10.1. The van der Waals surface area contributed by atoms with E-state index < -0.39 is 27.6 Å². The van der Waals surface area contributed by atoms with Gasteiger partial charge in [-0.05, 0) is 24.3 Å². The molecular formula is C17H13N3O8. The Hall–Kier alpha value is -4.15. The van der Waals surface area contributed by atoms with Crippen molar-refractivity contribution in [2.75, 3.05) is 4.90 Å². The van der Waals surface area contributed by atoms with Gasteiger partial charge in [0.2, 0.25) is 0 Å². The van der Waals surface area contributed by atoms with Gasteiger partial charge in [0.1, 0.15) is 21.4 Å². The van der Waals surface area contributed by atoms with Crippen LogP contribution in [0.1, 0.15) is 21.9 Å². The number of nitrogens with zero attached hydrogens (tertiary/aromatic N) is 3. The lowest BCUT2D eigenvalue weighted by Gasteiger charge is -2.24. The van der Waals surface area contributed by atoms with Crippen molar-refractivity contribution in [3.8, 4) is 0 Å². The Kier molecular flexibility index (Phi) is 5.07. The minimum Gasteiger partial charge on any atom is -0.478 e. The third kappa shape index (κ3) is 3.98. The van der Waals surface area contributed by atoms with Crippen LogP contribution in [0.2, 0.25) is 0 Å². The van der Waals surface area contributed by atoms with Gasteiger partial charge in [0.15, 0.2) is 0 Å². The quantitative estimate of drug-likeness (QED) is 0.451. The lowest BCUT2D eigenvalue weighted by Crippen LogP contribution is -2.23. The average Bonchev–Trinajstić information content (AvgIpc) is 3.31. The van der Waals surface area contributed by atoms with Gasteiger partial charge in [0.05, 0.1) is 36.5 Å². The molecule has 0 fully saturated rings. The molecule has 0 aliphatic rings. The van der Waals surface area contributed by atoms with Gasteiger partial charge < -0.3 is 18.8 Å². The van der Waals surface area contributed by atoms with Crippen molar-refractivity contribution in [1.29, 1.82) is 0 Å². The van der Waals surface area contributed by atoms with Crippen LogP contribution in [0.3, 0.4) is 0 Å². The maximum atomic E-state index is 11.6. The topological polar surface area (TPSA) is 153 Å². The van der Waals surface area contributed by atoms with E-state index in [0.29, 0.717) is 5.69 Å². The summed E-state index contributed by atoms with van der Waals surface area (Å²) in [6.07, 6.45) is 0. The molecule has 0 unspecified atom stereocenters. The molecule has 11 heteroatoms. The first-order valence-corrected chi connectivity index (χ1v) is 7.88. The zero-order chi connectivity index (χ0) is 20.3. The average molecular weight is 387 g/mol. The Balaban J connectivity index is 1.96. The van der Waals surface area contributed by atoms with E-state index in [1.807, 2.05) is 0 Å². The van der Waals surface area contributed by atoms with Crippen LogP contribution in [0, 0.1) is 20.2 Å². The molecule has 0 radical (unpaired) electrons. The van der Waals surface area contributed by atoms with Crippen molar-refractivity contribution in [1.82, 2.24) is 0 Å². The van der Waals surface area contributed by atoms with Gasteiger partial charge in [-0.25, -0.2) is 4.79 Å². The second kappa shape index (κ2) is 7.61. The van der Waals surface area contributed by atoms with E-state index in [9.17, 15) is 30.1 Å². The molecule has 0 aliphatic heterocycles. The summed E-state index contributed by atoms with van der Waals surface area (Å²) in [6, 6.07) is 11.3. The zero-order valence-corrected chi connectivity index (χ0v) is 14.2. The maximum Gasteiger partial charge on any atom is 0.433 e. The highest BCUT2D eigenvalue weighted by atomic mass is 16.7. The summed E-state index contributed by atoms with van der Waals surface area (Å²) in [7, 11) is 0. The Bertz CT molecular complexity index is 984. The molecule has 0 aliphatic carbocycles. The molecule has 0 atom stereocenters. The number of carboxylic acid groups (broad SMARTS) is 1. The molecule has 0 amide bonds. The molecule has 0 saturated carbocycles. The number of carboxylic acids is 1. The van der Waals surface area contributed by atoms with Crippen LogP contribution in [0.25, 0.3) is 0 Å². The van der Waals surface area contributed by atoms with Crippen molar-refractivity contribution < 1.29 is 28.6 Å². The third-order valence-corrected chi connectivity index (χ3v) is 3.82. The van der Waals surface area contributed by atoms with Crippen molar-refractivity contribution in [3.63, 3.8) is 0 Å². The highest BCUT2D eigenvalue weighted by Gasteiger charge is 2.21. The van der Waals surface area contributed by atoms with Crippen LogP contribution in [0.4, 0.5) is 17.5 Å². The van der Waals surface area contributed by atoms with Gasteiger partial charge in [0.25, 0.3) is 0 Å². The van der Waals surface area contributed by atoms with E-state index in [2.05, 4.69) is 0 Å². The molecule has 3 rings (SSSR count). The lowest BCUT2D eigenvalue weighted by molar-refractivity contribution is -0.402. The molecule has 11 nitrogen and oxygen atoms in total. The van der Waals surface area contributed by atoms with Gasteiger partial charge >= 0.3 is 17.7 Å². The fraction of sp³-hybridized carbons (Fsp3) is 0.118. The van der Waals surface area contributed by atoms with E-state index in [0.717, 1.165) is 0 Å². The van der Waals surface area contributed by atoms with Gasteiger partial charge in [-0.3, -0.25) is 20.2 Å². The second-order valence-electron chi connectivity index (χ2n) is 5.67. The number of hydrogen-bond acceptors (Lipinski definition) is 8. The number of rotatable bonds is 8. The zero-order valence-electron chi connectivity index (χ0n) is 14.2. The van der Waals surface area contributed by atoms with Crippen molar-refractivity contribution in [2.24, 2.45) is 0 Å². The predicted octanol–water partition coefficient (Wildman–Crippen LogP) is 3.59. The van der Waals surface area contributed by atoms with Gasteiger partial charge in [0, 0.05) is 0 Å². The molecule has 2 heterocycles. The highest BCUT2D eigenvalue weighted by molar-refractivity contribution is 5.94. The minimum absolute atomic E-state index is 0.00962. The van der Waals surface area contributed by atoms with Crippen LogP contribution in [-0.2, 0) is 13.1 Å². The SMILES string of the molecule is O=C(O)c1ccccc1N(Cc1ccc([N+](=O)[O-])o1)Cc1ccc([N+](=O)[O-])o1. The number of anilines is 1. The summed E-state index contributed by atoms with van der Waals surface area (Å²) in [4.78, 5) is 33.4. The normalized spacial score (nSPS) is 10.6. The van der Waals surface area contributed by atoms with E-state index >= 15 is 0 Å². The molecule has 2 aromatic heterocycles. The van der Waals surface area contributed by atoms with Gasteiger partial charge in [-0.2, -0.15) is 0 Å². The standard InChI is InChI=1S/C17H13N3O8/c21-17(22)13-3-1-2-4-14(13)18(9-11-5-7-15(27-11)19(23)24)10-12-6-8-16(28-12)20(25)26/h1-8H,9-10H2,(H,21,22). The Morgan fingerprint density at radius 1 is 0.893 bits per heavy atom. The van der Waals surface area contributed by atoms with E-state index in [1.54, 1.807) is 18.2 Å². The third-order valence-electron chi connectivity index (χ3n) is 3.82. The summed E-state index contributed by atoms with van der Waals surface area (Å²) < 4.78 is 10.3. The van der Waals surface area contributed by atoms with E-state index in [1.165, 1.54) is 35.2 Å². The molecular weight excluding hydrogens is 374 g/mol. The molecule has 144 valence electrons. The molecule has 0 spiro atoms. The summed E-state index contributed by atoms with van der Waals surface area (Å²) in [5.41, 5.74) is 0.290. The van der Waals surface area contributed by atoms with Crippen LogP contribution in [0.15, 0.2) is 57.4 Å². The summed E-state index contributed by atoms with van der Waals surface area (Å²) in [5, 5.41) is 31.1. The first-order valence-electron chi connectivity index (χ1n) is 7.88. The smallest absolute Gasteiger partial charge is 0.433 e. The predicted molar refractivity (Wildman–Crippen MR) is 94.0 cm³/mol. The molecule has 0 saturated heterocycles. The molecule has 1 aromatic carbocycles. The van der Waals surface area contributed by atoms with Gasteiger partial charge in [-0.15, -0.1) is 0 Å². The number of para-hydroxylation sites is 1. The first-order chi connectivity index (χ1) is 13.3. The number of benzene rings is 1. The Morgan fingerprint density at radius 2 is 1.39 bits per heavy atom. The van der Waals surface area contributed by atoms with Crippen molar-refractivity contribution in [3.05, 3.63) is 85.8 Å². The summed E-state index contributed by atoms with van der Waals surface area (Å²) in [5.74, 6) is -1.64. The monoisotopic (exact) mass is 387 g/mol. The minimum atomic E-state index is -1.17. The number of hydrogen-bond donors (Lipinski definition) is 1. The van der Waals surface area contributed by atoms with Gasteiger partial charge in [-0.1, -0.05) is 12.1 Å². The molecule has 0 bridgehead atoms. The first kappa shape index (κ1) is 18.6. The summed E-state index contributed by atoms with van der Waals surface area (Å²) >= 11 is 0. The van der Waals surface area contributed by atoms with Crippen molar-refractivity contribution in [2.45, 2.75) is 13.1 Å². The van der Waals surface area contributed by atoms with Crippen LogP contribution < -0.4 is 4.90 Å². The number of furan rings is 2. The van der Waals surface area contributed by atoms with Crippen molar-refractivity contribution >= 4 is 23.4 Å². The van der Waals surface area contributed by atoms with E-state index in [4.69, 9.17) is 8.83 Å². The Morgan fingerprint density at radius 3 is 1.82 bits per heavy atom. The number of carbonyl (C=O) groups is 1. The number of nitro groups is 2. The van der Waals surface area contributed by atoms with Crippen LogP contribution in [0.5, 0.6) is 0 Å². The Labute approximate surface area is 156 Å². The highest BCUT2D eigenvalue weighted by Crippen LogP contribution is 2.27. The van der Waals surface area contributed by atoms with E-state index in [-0.39, 0.29) is 30.2 Å². The summed E-state index contributed by atoms with van der Waals surface area (Å²) in [6.45, 7) is -0.0424. The van der Waals surface area contributed by atoms with Crippen LogP contribution >= 0.6 is 0 Å². The maximum absolute atomic E-state index is 11.6. The second-order valence-corrected chi connectivity index (χ2v) is 5.67. The molecule has 3 aromatic rings. The largest absolute Gasteiger partial charge is 0.478 e.